The van der Waals surface area contributed by atoms with Crippen molar-refractivity contribution in [1.29, 1.82) is 0 Å². The number of halogens is 1. The highest BCUT2D eigenvalue weighted by Crippen LogP contribution is 2.24. The zero-order valence-electron chi connectivity index (χ0n) is 10.9. The second kappa shape index (κ2) is 6.29. The van der Waals surface area contributed by atoms with Crippen molar-refractivity contribution >= 4 is 0 Å². The minimum Gasteiger partial charge on any atom is -0.492 e. The van der Waals surface area contributed by atoms with Crippen LogP contribution in [-0.2, 0) is 6.54 Å². The van der Waals surface area contributed by atoms with Gasteiger partial charge in [-0.15, -0.1) is 0 Å². The molecule has 0 bridgehead atoms. The molecular weight excluding hydrogens is 243 g/mol. The molecule has 0 saturated heterocycles. The molecule has 3 nitrogen and oxygen atoms in total. The lowest BCUT2D eigenvalue weighted by Crippen LogP contribution is -2.00. The molecule has 2 aromatic rings. The van der Waals surface area contributed by atoms with E-state index in [4.69, 9.17) is 10.5 Å². The number of ether oxygens (including phenoxy) is 1. The fourth-order valence-corrected chi connectivity index (χ4v) is 1.79. The largest absolute Gasteiger partial charge is 0.492 e. The molecule has 0 amide bonds. The summed E-state index contributed by atoms with van der Waals surface area (Å²) in [6, 6.07) is 6.79. The van der Waals surface area contributed by atoms with E-state index in [2.05, 4.69) is 4.98 Å². The summed E-state index contributed by atoms with van der Waals surface area (Å²) in [6.07, 6.45) is 4.34. The quantitative estimate of drug-likeness (QED) is 0.898. The fourth-order valence-electron chi connectivity index (χ4n) is 1.79. The molecule has 0 fully saturated rings. The highest BCUT2D eigenvalue weighted by atomic mass is 19.1. The maximum Gasteiger partial charge on any atom is 0.138 e. The number of benzene rings is 1. The molecule has 1 aromatic carbocycles. The zero-order valence-corrected chi connectivity index (χ0v) is 10.9. The maximum absolute atomic E-state index is 13.4. The van der Waals surface area contributed by atoms with E-state index in [1.807, 2.05) is 13.0 Å². The Bertz CT molecular complexity index is 558. The van der Waals surface area contributed by atoms with E-state index in [0.29, 0.717) is 12.2 Å². The third kappa shape index (κ3) is 3.29. The summed E-state index contributed by atoms with van der Waals surface area (Å²) in [6.45, 7) is 2.88. The van der Waals surface area contributed by atoms with Gasteiger partial charge in [-0.2, -0.15) is 0 Å². The van der Waals surface area contributed by atoms with E-state index in [1.165, 1.54) is 6.07 Å². The second-order valence-electron chi connectivity index (χ2n) is 4.27. The molecule has 0 spiro atoms. The molecule has 19 heavy (non-hydrogen) atoms. The van der Waals surface area contributed by atoms with Crippen LogP contribution in [-0.4, -0.2) is 11.6 Å². The van der Waals surface area contributed by atoms with Crippen LogP contribution in [0.15, 0.2) is 36.7 Å². The lowest BCUT2D eigenvalue weighted by molar-refractivity contribution is 0.316. The predicted octanol–water partition coefficient (Wildman–Crippen LogP) is 3.14. The van der Waals surface area contributed by atoms with E-state index in [-0.39, 0.29) is 12.4 Å². The molecule has 0 unspecified atom stereocenters. The van der Waals surface area contributed by atoms with E-state index >= 15 is 0 Å². The van der Waals surface area contributed by atoms with Gasteiger partial charge >= 0.3 is 0 Å². The van der Waals surface area contributed by atoms with Gasteiger partial charge in [-0.3, -0.25) is 4.98 Å². The van der Waals surface area contributed by atoms with Gasteiger partial charge in [0.2, 0.25) is 0 Å². The van der Waals surface area contributed by atoms with Gasteiger partial charge in [0, 0.05) is 23.9 Å². The molecule has 0 saturated carbocycles. The molecule has 2 rings (SSSR count). The minimum absolute atomic E-state index is 0.180. The van der Waals surface area contributed by atoms with E-state index in [1.54, 1.807) is 24.5 Å². The van der Waals surface area contributed by atoms with E-state index < -0.39 is 0 Å². The molecule has 0 atom stereocenters. The number of hydrogen-bond acceptors (Lipinski definition) is 3. The Morgan fingerprint density at radius 1 is 1.21 bits per heavy atom. The van der Waals surface area contributed by atoms with Crippen LogP contribution in [0.2, 0.25) is 0 Å². The van der Waals surface area contributed by atoms with Crippen molar-refractivity contribution in [2.75, 3.05) is 6.61 Å². The monoisotopic (exact) mass is 260 g/mol. The molecule has 100 valence electrons. The summed E-state index contributed by atoms with van der Waals surface area (Å²) < 4.78 is 18.9. The van der Waals surface area contributed by atoms with E-state index in [9.17, 15) is 4.39 Å². The van der Waals surface area contributed by atoms with Gasteiger partial charge in [-0.25, -0.2) is 4.39 Å². The van der Waals surface area contributed by atoms with Gasteiger partial charge < -0.3 is 10.5 Å². The van der Waals surface area contributed by atoms with Crippen molar-refractivity contribution in [1.82, 2.24) is 4.98 Å². The highest BCUT2D eigenvalue weighted by Gasteiger charge is 2.05. The van der Waals surface area contributed by atoms with Gasteiger partial charge in [0.05, 0.1) is 12.8 Å². The highest BCUT2D eigenvalue weighted by molar-refractivity contribution is 5.64. The lowest BCUT2D eigenvalue weighted by Gasteiger charge is -2.08. The second-order valence-corrected chi connectivity index (χ2v) is 4.27. The molecule has 4 heteroatoms. The molecule has 1 aromatic heterocycles. The third-order valence-electron chi connectivity index (χ3n) is 2.78. The minimum atomic E-state index is -0.280. The summed E-state index contributed by atoms with van der Waals surface area (Å²) in [5, 5.41) is 0. The number of nitrogens with two attached hydrogens (primary N) is 1. The molecule has 1 heterocycles. The predicted molar refractivity (Wildman–Crippen MR) is 73.3 cm³/mol. The van der Waals surface area contributed by atoms with Crippen molar-refractivity contribution in [2.24, 2.45) is 5.73 Å². The lowest BCUT2D eigenvalue weighted by atomic mass is 10.0. The van der Waals surface area contributed by atoms with Gasteiger partial charge in [0.25, 0.3) is 0 Å². The van der Waals surface area contributed by atoms with Crippen LogP contribution >= 0.6 is 0 Å². The van der Waals surface area contributed by atoms with E-state index in [0.717, 1.165) is 23.3 Å². The Morgan fingerprint density at radius 2 is 2.05 bits per heavy atom. The molecule has 0 aliphatic rings. The topological polar surface area (TPSA) is 48.1 Å². The average molecular weight is 260 g/mol. The molecule has 0 aliphatic carbocycles. The Morgan fingerprint density at radius 3 is 2.79 bits per heavy atom. The first-order valence-corrected chi connectivity index (χ1v) is 6.31. The molecular formula is C15H17FN2O. The van der Waals surface area contributed by atoms with Crippen LogP contribution in [0.3, 0.4) is 0 Å². The van der Waals surface area contributed by atoms with Crippen LogP contribution in [0, 0.1) is 5.82 Å². The average Bonchev–Trinajstić information content (AvgIpc) is 2.46. The number of pyridine rings is 1. The number of hydrogen-bond donors (Lipinski definition) is 1. The third-order valence-corrected chi connectivity index (χ3v) is 2.78. The molecule has 0 aliphatic heterocycles. The summed E-state index contributed by atoms with van der Waals surface area (Å²) in [7, 11) is 0. The molecule has 0 radical (unpaired) electrons. The molecule has 2 N–H and O–H groups in total. The standard InChI is InChI=1S/C15H17FN2O/c1-2-5-19-14-7-13(9-18-10-14)11-3-4-15(16)12(6-11)8-17/h3-4,6-7,9-10H,2,5,8,17H2,1H3. The number of rotatable bonds is 5. The van der Waals surface area contributed by atoms with Crippen LogP contribution in [0.25, 0.3) is 11.1 Å². The first kappa shape index (κ1) is 13.5. The Balaban J connectivity index is 2.30. The number of aromatic nitrogens is 1. The van der Waals surface area contributed by atoms with Crippen molar-refractivity contribution in [3.05, 3.63) is 48.0 Å². The smallest absolute Gasteiger partial charge is 0.138 e. The van der Waals surface area contributed by atoms with Crippen LogP contribution < -0.4 is 10.5 Å². The van der Waals surface area contributed by atoms with Crippen LogP contribution in [0.5, 0.6) is 5.75 Å². The van der Waals surface area contributed by atoms with Crippen molar-refractivity contribution in [2.45, 2.75) is 19.9 Å². The number of nitrogens with zero attached hydrogens (tertiary/aromatic N) is 1. The van der Waals surface area contributed by atoms with Crippen LogP contribution in [0.4, 0.5) is 4.39 Å². The fraction of sp³-hybridized carbons (Fsp3) is 0.267. The zero-order chi connectivity index (χ0) is 13.7. The van der Waals surface area contributed by atoms with Crippen molar-refractivity contribution in [3.8, 4) is 16.9 Å². The van der Waals surface area contributed by atoms with Gasteiger partial charge in [0.1, 0.15) is 11.6 Å². The Labute approximate surface area is 112 Å². The van der Waals surface area contributed by atoms with Crippen molar-refractivity contribution in [3.63, 3.8) is 0 Å². The first-order valence-electron chi connectivity index (χ1n) is 6.31. The SMILES string of the molecule is CCCOc1cncc(-c2ccc(F)c(CN)c2)c1. The maximum atomic E-state index is 13.4. The Hall–Kier alpha value is -1.94. The summed E-state index contributed by atoms with van der Waals surface area (Å²) in [5.41, 5.74) is 7.79. The Kier molecular flexibility index (Phi) is 4.47. The summed E-state index contributed by atoms with van der Waals surface area (Å²) in [4.78, 5) is 4.14. The first-order chi connectivity index (χ1) is 9.24. The summed E-state index contributed by atoms with van der Waals surface area (Å²) in [5.74, 6) is 0.440. The normalized spacial score (nSPS) is 10.5. The van der Waals surface area contributed by atoms with Crippen LogP contribution in [0.1, 0.15) is 18.9 Å². The van der Waals surface area contributed by atoms with Gasteiger partial charge in [-0.1, -0.05) is 13.0 Å². The van der Waals surface area contributed by atoms with Crippen molar-refractivity contribution < 1.29 is 9.13 Å². The van der Waals surface area contributed by atoms with Gasteiger partial charge in [0.15, 0.2) is 0 Å². The van der Waals surface area contributed by atoms with Gasteiger partial charge in [-0.05, 0) is 30.2 Å². The summed E-state index contributed by atoms with van der Waals surface area (Å²) >= 11 is 0.